The standard InChI is InChI=1S/C15H20FNO2/c1-11(18)13-9-12(16)5-6-14(13)17(2)10-15(19)7-3-4-8-15/h5-6,9,19H,3-4,7-8,10H2,1-2H3. The van der Waals surface area contributed by atoms with Crippen molar-refractivity contribution in [3.63, 3.8) is 0 Å². The lowest BCUT2D eigenvalue weighted by Crippen LogP contribution is -2.39. The lowest BCUT2D eigenvalue weighted by molar-refractivity contribution is 0.0558. The molecule has 0 bridgehead atoms. The van der Waals surface area contributed by atoms with Gasteiger partial charge in [0, 0.05) is 24.8 Å². The summed E-state index contributed by atoms with van der Waals surface area (Å²) < 4.78 is 13.2. The van der Waals surface area contributed by atoms with Gasteiger partial charge >= 0.3 is 0 Å². The van der Waals surface area contributed by atoms with Crippen LogP contribution in [0.5, 0.6) is 0 Å². The zero-order valence-electron chi connectivity index (χ0n) is 11.4. The minimum absolute atomic E-state index is 0.167. The SMILES string of the molecule is CC(=O)c1cc(F)ccc1N(C)CC1(O)CCCC1. The van der Waals surface area contributed by atoms with Crippen LogP contribution in [0.2, 0.25) is 0 Å². The first kappa shape index (κ1) is 14.0. The number of anilines is 1. The number of nitrogens with zero attached hydrogens (tertiary/aromatic N) is 1. The molecular formula is C15H20FNO2. The third-order valence-electron chi connectivity index (χ3n) is 3.81. The van der Waals surface area contributed by atoms with Gasteiger partial charge in [0.15, 0.2) is 5.78 Å². The molecule has 0 aromatic heterocycles. The first-order chi connectivity index (χ1) is 8.91. The summed E-state index contributed by atoms with van der Waals surface area (Å²) in [5.74, 6) is -0.582. The number of Topliss-reactive ketones (excluding diaryl/α,β-unsaturated/α-hetero) is 1. The Morgan fingerprint density at radius 2 is 2.05 bits per heavy atom. The lowest BCUT2D eigenvalue weighted by Gasteiger charge is -2.31. The molecule has 1 fully saturated rings. The molecule has 0 radical (unpaired) electrons. The smallest absolute Gasteiger partial charge is 0.161 e. The van der Waals surface area contributed by atoms with Gasteiger partial charge in [-0.25, -0.2) is 4.39 Å². The molecule has 0 heterocycles. The van der Waals surface area contributed by atoms with Gasteiger partial charge in [-0.05, 0) is 38.0 Å². The summed E-state index contributed by atoms with van der Waals surface area (Å²) in [6, 6.07) is 4.20. The predicted octanol–water partition coefficient (Wildman–Crippen LogP) is 2.77. The Bertz CT molecular complexity index is 481. The van der Waals surface area contributed by atoms with E-state index < -0.39 is 11.4 Å². The average Bonchev–Trinajstić information content (AvgIpc) is 2.75. The zero-order valence-corrected chi connectivity index (χ0v) is 11.4. The molecule has 1 aromatic rings. The van der Waals surface area contributed by atoms with Crippen LogP contribution in [0.3, 0.4) is 0 Å². The van der Waals surface area contributed by atoms with Gasteiger partial charge in [-0.15, -0.1) is 0 Å². The van der Waals surface area contributed by atoms with Crippen molar-refractivity contribution in [2.24, 2.45) is 0 Å². The summed E-state index contributed by atoms with van der Waals surface area (Å²) in [4.78, 5) is 13.4. The van der Waals surface area contributed by atoms with Crippen molar-refractivity contribution in [2.45, 2.75) is 38.2 Å². The molecule has 0 unspecified atom stereocenters. The van der Waals surface area contributed by atoms with Crippen molar-refractivity contribution >= 4 is 11.5 Å². The monoisotopic (exact) mass is 265 g/mol. The van der Waals surface area contributed by atoms with Crippen molar-refractivity contribution in [1.29, 1.82) is 0 Å². The topological polar surface area (TPSA) is 40.5 Å². The van der Waals surface area contributed by atoms with Crippen LogP contribution in [0.25, 0.3) is 0 Å². The Morgan fingerprint density at radius 3 is 2.63 bits per heavy atom. The molecule has 1 aromatic carbocycles. The van der Waals surface area contributed by atoms with Crippen LogP contribution >= 0.6 is 0 Å². The zero-order chi connectivity index (χ0) is 14.0. The quantitative estimate of drug-likeness (QED) is 0.851. The van der Waals surface area contributed by atoms with Crippen molar-refractivity contribution in [3.05, 3.63) is 29.6 Å². The maximum absolute atomic E-state index is 13.2. The van der Waals surface area contributed by atoms with E-state index >= 15 is 0 Å². The molecule has 19 heavy (non-hydrogen) atoms. The third kappa shape index (κ3) is 3.13. The van der Waals surface area contributed by atoms with E-state index in [1.54, 1.807) is 6.07 Å². The van der Waals surface area contributed by atoms with Gasteiger partial charge < -0.3 is 10.0 Å². The first-order valence-electron chi connectivity index (χ1n) is 6.65. The van der Waals surface area contributed by atoms with Gasteiger partial charge in [0.25, 0.3) is 0 Å². The van der Waals surface area contributed by atoms with Crippen LogP contribution < -0.4 is 4.90 Å². The number of halogens is 1. The average molecular weight is 265 g/mol. The van der Waals surface area contributed by atoms with Gasteiger partial charge in [-0.3, -0.25) is 4.79 Å². The summed E-state index contributed by atoms with van der Waals surface area (Å²) in [6.07, 6.45) is 3.64. The normalized spacial score (nSPS) is 17.5. The Hall–Kier alpha value is -1.42. The minimum Gasteiger partial charge on any atom is -0.388 e. The fraction of sp³-hybridized carbons (Fsp3) is 0.533. The minimum atomic E-state index is -0.683. The summed E-state index contributed by atoms with van der Waals surface area (Å²) in [7, 11) is 1.83. The molecule has 1 aliphatic carbocycles. The lowest BCUT2D eigenvalue weighted by atomic mass is 10.0. The van der Waals surface area contributed by atoms with E-state index in [0.29, 0.717) is 17.8 Å². The van der Waals surface area contributed by atoms with Crippen molar-refractivity contribution in [3.8, 4) is 0 Å². The van der Waals surface area contributed by atoms with Gasteiger partial charge in [-0.1, -0.05) is 12.8 Å². The molecule has 0 saturated heterocycles. The summed E-state index contributed by atoms with van der Waals surface area (Å²) in [5.41, 5.74) is 0.357. The summed E-state index contributed by atoms with van der Waals surface area (Å²) in [5, 5.41) is 10.4. The molecule has 1 N–H and O–H groups in total. The molecule has 0 spiro atoms. The van der Waals surface area contributed by atoms with Gasteiger partial charge in [0.2, 0.25) is 0 Å². The van der Waals surface area contributed by atoms with E-state index in [0.717, 1.165) is 25.7 Å². The predicted molar refractivity (Wildman–Crippen MR) is 73.1 cm³/mol. The Kier molecular flexibility index (Phi) is 3.90. The molecule has 0 amide bonds. The molecular weight excluding hydrogens is 245 g/mol. The second kappa shape index (κ2) is 5.29. The fourth-order valence-corrected chi connectivity index (χ4v) is 2.84. The molecule has 0 atom stereocenters. The Morgan fingerprint density at radius 1 is 1.42 bits per heavy atom. The maximum atomic E-state index is 13.2. The largest absolute Gasteiger partial charge is 0.388 e. The van der Waals surface area contributed by atoms with Crippen molar-refractivity contribution < 1.29 is 14.3 Å². The van der Waals surface area contributed by atoms with E-state index in [1.165, 1.54) is 19.1 Å². The number of likely N-dealkylation sites (N-methyl/N-ethyl adjacent to an activating group) is 1. The highest BCUT2D eigenvalue weighted by atomic mass is 19.1. The van der Waals surface area contributed by atoms with E-state index in [-0.39, 0.29) is 5.78 Å². The third-order valence-corrected chi connectivity index (χ3v) is 3.81. The second-order valence-corrected chi connectivity index (χ2v) is 5.51. The van der Waals surface area contributed by atoms with Crippen LogP contribution in [0.4, 0.5) is 10.1 Å². The van der Waals surface area contributed by atoms with Gasteiger partial charge in [-0.2, -0.15) is 0 Å². The van der Waals surface area contributed by atoms with E-state index in [1.807, 2.05) is 11.9 Å². The number of carbonyl (C=O) groups excluding carboxylic acids is 1. The molecule has 2 rings (SSSR count). The molecule has 4 heteroatoms. The van der Waals surface area contributed by atoms with Crippen LogP contribution in [-0.2, 0) is 0 Å². The van der Waals surface area contributed by atoms with Crippen LogP contribution in [0, 0.1) is 5.82 Å². The molecule has 1 saturated carbocycles. The van der Waals surface area contributed by atoms with E-state index in [4.69, 9.17) is 0 Å². The number of aliphatic hydroxyl groups is 1. The van der Waals surface area contributed by atoms with E-state index in [2.05, 4.69) is 0 Å². The summed E-state index contributed by atoms with van der Waals surface area (Å²) in [6.45, 7) is 1.90. The fourth-order valence-electron chi connectivity index (χ4n) is 2.84. The molecule has 104 valence electrons. The van der Waals surface area contributed by atoms with Crippen LogP contribution in [0.15, 0.2) is 18.2 Å². The highest BCUT2D eigenvalue weighted by molar-refractivity contribution is 5.99. The Balaban J connectivity index is 2.23. The number of benzene rings is 1. The molecule has 0 aliphatic heterocycles. The maximum Gasteiger partial charge on any atom is 0.161 e. The number of ketones is 1. The van der Waals surface area contributed by atoms with Gasteiger partial charge in [0.1, 0.15) is 5.82 Å². The summed E-state index contributed by atoms with van der Waals surface area (Å²) >= 11 is 0. The highest BCUT2D eigenvalue weighted by Crippen LogP contribution is 2.32. The number of carbonyl (C=O) groups is 1. The molecule has 1 aliphatic rings. The number of hydrogen-bond donors (Lipinski definition) is 1. The highest BCUT2D eigenvalue weighted by Gasteiger charge is 2.32. The van der Waals surface area contributed by atoms with Crippen LogP contribution in [0.1, 0.15) is 43.0 Å². The number of rotatable bonds is 4. The second-order valence-electron chi connectivity index (χ2n) is 5.51. The van der Waals surface area contributed by atoms with Gasteiger partial charge in [0.05, 0.1) is 5.60 Å². The van der Waals surface area contributed by atoms with Crippen molar-refractivity contribution in [1.82, 2.24) is 0 Å². The molecule has 3 nitrogen and oxygen atoms in total. The number of hydrogen-bond acceptors (Lipinski definition) is 3. The van der Waals surface area contributed by atoms with Crippen molar-refractivity contribution in [2.75, 3.05) is 18.5 Å². The Labute approximate surface area is 113 Å². The van der Waals surface area contributed by atoms with E-state index in [9.17, 15) is 14.3 Å². The van der Waals surface area contributed by atoms with Crippen LogP contribution in [-0.4, -0.2) is 30.1 Å². The first-order valence-corrected chi connectivity index (χ1v) is 6.65.